The molecule has 0 unspecified atom stereocenters. The molecule has 0 aromatic carbocycles. The average Bonchev–Trinajstić information content (AvgIpc) is 3.23. The van der Waals surface area contributed by atoms with Gasteiger partial charge in [0, 0.05) is 18.3 Å². The van der Waals surface area contributed by atoms with Crippen LogP contribution in [0.3, 0.4) is 0 Å². The minimum absolute atomic E-state index is 0.0236. The van der Waals surface area contributed by atoms with Crippen molar-refractivity contribution in [1.82, 2.24) is 0 Å². The quantitative estimate of drug-likeness (QED) is 0.586. The molecule has 0 aromatic heterocycles. The fourth-order valence-electron chi connectivity index (χ4n) is 8.69. The van der Waals surface area contributed by atoms with Gasteiger partial charge in [0.2, 0.25) is 0 Å². The molecule has 4 aliphatic carbocycles. The second-order valence-corrected chi connectivity index (χ2v) is 10.8. The van der Waals surface area contributed by atoms with Crippen molar-refractivity contribution in [3.63, 3.8) is 0 Å². The van der Waals surface area contributed by atoms with Gasteiger partial charge in [-0.2, -0.15) is 0 Å². The molecule has 5 aliphatic rings. The summed E-state index contributed by atoms with van der Waals surface area (Å²) in [6, 6.07) is 0. The maximum atomic E-state index is 12.2. The van der Waals surface area contributed by atoms with Gasteiger partial charge in [-0.1, -0.05) is 13.3 Å². The highest BCUT2D eigenvalue weighted by Gasteiger charge is 2.81. The van der Waals surface area contributed by atoms with E-state index in [0.29, 0.717) is 5.92 Å². The Kier molecular flexibility index (Phi) is 3.38. The third-order valence-corrected chi connectivity index (χ3v) is 9.78. The largest absolute Gasteiger partial charge is 0.481 e. The van der Waals surface area contributed by atoms with Gasteiger partial charge < -0.3 is 14.6 Å². The van der Waals surface area contributed by atoms with Gasteiger partial charge in [-0.25, -0.2) is 0 Å². The molecule has 5 rings (SSSR count). The first-order valence-corrected chi connectivity index (χ1v) is 10.7. The second-order valence-electron chi connectivity index (χ2n) is 10.8. The minimum Gasteiger partial charge on any atom is -0.481 e. The number of fused-ring (bicyclic) bond motifs is 5. The number of epoxide rings is 1. The van der Waals surface area contributed by atoms with E-state index in [9.17, 15) is 14.7 Å². The van der Waals surface area contributed by atoms with Crippen molar-refractivity contribution >= 4 is 11.9 Å². The molecule has 27 heavy (non-hydrogen) atoms. The lowest BCUT2D eigenvalue weighted by molar-refractivity contribution is -0.203. The molecule has 0 amide bonds. The van der Waals surface area contributed by atoms with Crippen LogP contribution in [0.15, 0.2) is 0 Å². The van der Waals surface area contributed by atoms with Crippen molar-refractivity contribution in [2.75, 3.05) is 0 Å². The third kappa shape index (κ3) is 2.00. The summed E-state index contributed by atoms with van der Waals surface area (Å²) in [6.07, 6.45) is 6.98. The van der Waals surface area contributed by atoms with Crippen LogP contribution >= 0.6 is 0 Å². The minimum atomic E-state index is -0.644. The first-order chi connectivity index (χ1) is 12.6. The SMILES string of the molecule is CC(=O)O[C@H]1C[C@H]2[C@]3(C)CCC[C@@](C)(C(=O)O)[C@H]3CC[C@@]23C[C@@H]1[C@]1(C)O[C@H]31. The summed E-state index contributed by atoms with van der Waals surface area (Å²) in [6.45, 7) is 8.01. The lowest BCUT2D eigenvalue weighted by atomic mass is 9.40. The predicted molar refractivity (Wildman–Crippen MR) is 97.9 cm³/mol. The van der Waals surface area contributed by atoms with Crippen LogP contribution in [-0.2, 0) is 19.1 Å². The Balaban J connectivity index is 1.57. The van der Waals surface area contributed by atoms with E-state index < -0.39 is 11.4 Å². The van der Waals surface area contributed by atoms with Gasteiger partial charge >= 0.3 is 11.9 Å². The Morgan fingerprint density at radius 2 is 1.85 bits per heavy atom. The monoisotopic (exact) mass is 376 g/mol. The number of rotatable bonds is 2. The fraction of sp³-hybridized carbons (Fsp3) is 0.909. The number of carbonyl (C=O) groups is 2. The zero-order chi connectivity index (χ0) is 19.4. The van der Waals surface area contributed by atoms with E-state index in [1.807, 2.05) is 6.92 Å². The second kappa shape index (κ2) is 5.08. The number of carboxylic acids is 1. The lowest BCUT2D eigenvalue weighted by Crippen LogP contribution is -2.61. The normalized spacial score (nSPS) is 57.9. The van der Waals surface area contributed by atoms with E-state index in [4.69, 9.17) is 9.47 Å². The van der Waals surface area contributed by atoms with E-state index >= 15 is 0 Å². The zero-order valence-corrected chi connectivity index (χ0v) is 16.9. The molecule has 150 valence electrons. The number of hydrogen-bond acceptors (Lipinski definition) is 4. The summed E-state index contributed by atoms with van der Waals surface area (Å²) < 4.78 is 12.1. The molecule has 4 saturated carbocycles. The molecule has 0 aromatic rings. The van der Waals surface area contributed by atoms with Crippen molar-refractivity contribution in [1.29, 1.82) is 0 Å². The highest BCUT2D eigenvalue weighted by Crippen LogP contribution is 2.78. The first kappa shape index (κ1) is 18.0. The van der Waals surface area contributed by atoms with Crippen LogP contribution in [0.5, 0.6) is 0 Å². The van der Waals surface area contributed by atoms with E-state index in [1.54, 1.807) is 0 Å². The first-order valence-electron chi connectivity index (χ1n) is 10.7. The van der Waals surface area contributed by atoms with Crippen molar-refractivity contribution in [2.45, 2.75) is 90.4 Å². The molecule has 5 fully saturated rings. The van der Waals surface area contributed by atoms with Gasteiger partial charge in [-0.05, 0) is 69.6 Å². The van der Waals surface area contributed by atoms with Gasteiger partial charge in [-0.3, -0.25) is 9.59 Å². The molecular formula is C22H32O5. The topological polar surface area (TPSA) is 76.1 Å². The summed E-state index contributed by atoms with van der Waals surface area (Å²) in [4.78, 5) is 24.0. The molecular weight excluding hydrogens is 344 g/mol. The summed E-state index contributed by atoms with van der Waals surface area (Å²) in [5.74, 6) is -0.00262. The van der Waals surface area contributed by atoms with E-state index in [-0.39, 0.29) is 46.4 Å². The fourth-order valence-corrected chi connectivity index (χ4v) is 8.69. The molecule has 9 atom stereocenters. The van der Waals surface area contributed by atoms with Crippen molar-refractivity contribution in [2.24, 2.45) is 34.0 Å². The molecule has 1 aliphatic heterocycles. The van der Waals surface area contributed by atoms with Crippen LogP contribution in [0.1, 0.15) is 72.6 Å². The van der Waals surface area contributed by atoms with Gasteiger partial charge in [-0.15, -0.1) is 0 Å². The van der Waals surface area contributed by atoms with Crippen LogP contribution in [0.4, 0.5) is 0 Å². The molecule has 1 spiro atoms. The average molecular weight is 376 g/mol. The number of carboxylic acid groups (broad SMARTS) is 1. The van der Waals surface area contributed by atoms with Gasteiger partial charge in [0.05, 0.1) is 17.1 Å². The van der Waals surface area contributed by atoms with Gasteiger partial charge in [0.25, 0.3) is 0 Å². The summed E-state index contributed by atoms with van der Waals surface area (Å²) >= 11 is 0. The molecule has 1 saturated heterocycles. The standard InChI is InChI=1S/C22H32O5/c1-12(23)26-14-10-16-19(2)7-5-8-20(3,18(24)25)15(19)6-9-22(16)11-13(14)21(4)17(22)27-21/h13-17H,5-11H2,1-4H3,(H,24,25)/t13-,14-,15-,16-,17-,19+,20+,21-,22+/m0/s1. The van der Waals surface area contributed by atoms with Crippen molar-refractivity contribution in [3.8, 4) is 0 Å². The van der Waals surface area contributed by atoms with Crippen molar-refractivity contribution < 1.29 is 24.2 Å². The maximum absolute atomic E-state index is 12.2. The Bertz CT molecular complexity index is 719. The summed E-state index contributed by atoms with van der Waals surface area (Å²) in [5, 5.41) is 10.1. The number of ether oxygens (including phenoxy) is 2. The number of esters is 1. The zero-order valence-electron chi connectivity index (χ0n) is 16.9. The molecule has 5 heteroatoms. The summed E-state index contributed by atoms with van der Waals surface area (Å²) in [7, 11) is 0. The smallest absolute Gasteiger partial charge is 0.309 e. The predicted octanol–water partition coefficient (Wildman–Crippen LogP) is 3.79. The molecule has 0 radical (unpaired) electrons. The van der Waals surface area contributed by atoms with Crippen LogP contribution < -0.4 is 0 Å². The Labute approximate surface area is 161 Å². The van der Waals surface area contributed by atoms with E-state index in [0.717, 1.165) is 44.9 Å². The van der Waals surface area contributed by atoms with Gasteiger partial charge in [0.1, 0.15) is 6.10 Å². The van der Waals surface area contributed by atoms with Crippen molar-refractivity contribution in [3.05, 3.63) is 0 Å². The van der Waals surface area contributed by atoms with Crippen LogP contribution in [0.2, 0.25) is 0 Å². The number of carbonyl (C=O) groups excluding carboxylic acids is 1. The number of hydrogen-bond donors (Lipinski definition) is 1. The highest BCUT2D eigenvalue weighted by atomic mass is 16.6. The van der Waals surface area contributed by atoms with E-state index in [1.165, 1.54) is 6.92 Å². The van der Waals surface area contributed by atoms with Crippen LogP contribution in [0.25, 0.3) is 0 Å². The molecule has 5 nitrogen and oxygen atoms in total. The molecule has 1 N–H and O–H groups in total. The van der Waals surface area contributed by atoms with Gasteiger partial charge in [0.15, 0.2) is 0 Å². The number of aliphatic carboxylic acids is 1. The van der Waals surface area contributed by atoms with Crippen LogP contribution in [-0.4, -0.2) is 34.9 Å². The Morgan fingerprint density at radius 3 is 2.52 bits per heavy atom. The Morgan fingerprint density at radius 1 is 1.11 bits per heavy atom. The Hall–Kier alpha value is -1.10. The van der Waals surface area contributed by atoms with E-state index in [2.05, 4.69) is 13.8 Å². The molecule has 1 heterocycles. The summed E-state index contributed by atoms with van der Waals surface area (Å²) in [5.41, 5.74) is -0.667. The highest BCUT2D eigenvalue weighted by molar-refractivity contribution is 5.75. The van der Waals surface area contributed by atoms with Crippen LogP contribution in [0, 0.1) is 34.0 Å². The maximum Gasteiger partial charge on any atom is 0.309 e. The lowest BCUT2D eigenvalue weighted by Gasteiger charge is -2.64. The molecule has 2 bridgehead atoms. The third-order valence-electron chi connectivity index (χ3n) is 9.78.